The number of methoxy groups -OCH3 is 1. The first-order valence-corrected chi connectivity index (χ1v) is 11.6. The Labute approximate surface area is 202 Å². The zero-order valence-corrected chi connectivity index (χ0v) is 19.3. The molecular weight excluding hydrogens is 444 g/mol. The van der Waals surface area contributed by atoms with Gasteiger partial charge >= 0.3 is 0 Å². The maximum Gasteiger partial charge on any atom is 0.264 e. The van der Waals surface area contributed by atoms with Crippen LogP contribution in [0.15, 0.2) is 101 Å². The summed E-state index contributed by atoms with van der Waals surface area (Å²) in [5.41, 5.74) is 2.56. The molecule has 5 nitrogen and oxygen atoms in total. The number of carbonyl (C=O) groups excluding carboxylic acids is 1. The van der Waals surface area contributed by atoms with E-state index in [0.29, 0.717) is 22.4 Å². The van der Waals surface area contributed by atoms with Gasteiger partial charge in [-0.05, 0) is 58.9 Å². The molecule has 4 aromatic rings. The van der Waals surface area contributed by atoms with Gasteiger partial charge in [0.15, 0.2) is 5.17 Å². The van der Waals surface area contributed by atoms with E-state index in [2.05, 4.69) is 10.3 Å². The fourth-order valence-corrected chi connectivity index (χ4v) is 4.53. The number of amidine groups is 1. The van der Waals surface area contributed by atoms with Gasteiger partial charge in [0.2, 0.25) is 0 Å². The molecule has 0 spiro atoms. The number of rotatable bonds is 6. The molecule has 0 radical (unpaired) electrons. The zero-order chi connectivity index (χ0) is 23.3. The molecule has 0 bridgehead atoms. The molecule has 168 valence electrons. The van der Waals surface area contributed by atoms with E-state index in [0.717, 1.165) is 33.3 Å². The van der Waals surface area contributed by atoms with E-state index in [1.54, 1.807) is 7.11 Å². The van der Waals surface area contributed by atoms with Gasteiger partial charge in [0, 0.05) is 11.1 Å². The first-order chi connectivity index (χ1) is 16.7. The number of nitrogens with one attached hydrogen (secondary N) is 1. The Morgan fingerprint density at radius 1 is 0.882 bits per heavy atom. The van der Waals surface area contributed by atoms with E-state index >= 15 is 0 Å². The maximum atomic E-state index is 12.7. The van der Waals surface area contributed by atoms with Crippen molar-refractivity contribution in [2.75, 3.05) is 7.11 Å². The summed E-state index contributed by atoms with van der Waals surface area (Å²) in [7, 11) is 1.65. The number of amides is 1. The smallest absolute Gasteiger partial charge is 0.264 e. The van der Waals surface area contributed by atoms with Crippen molar-refractivity contribution in [3.63, 3.8) is 0 Å². The van der Waals surface area contributed by atoms with Crippen LogP contribution >= 0.6 is 11.8 Å². The molecule has 0 aliphatic carbocycles. The number of aliphatic imine (C=N–C) groups is 1. The summed E-state index contributed by atoms with van der Waals surface area (Å²) in [5.74, 6) is 1.29. The minimum Gasteiger partial charge on any atom is -0.496 e. The SMILES string of the molecule is COc1ccccc1COc1cc2ccccc2cc1/C=C1/SC(=Nc2ccccc2)NC1=O. The van der Waals surface area contributed by atoms with Crippen LogP contribution in [0.3, 0.4) is 0 Å². The first kappa shape index (κ1) is 21.8. The third-order valence-electron chi connectivity index (χ3n) is 5.38. The van der Waals surface area contributed by atoms with Crippen LogP contribution in [0.4, 0.5) is 5.69 Å². The summed E-state index contributed by atoms with van der Waals surface area (Å²) in [6.45, 7) is 0.346. The maximum absolute atomic E-state index is 12.7. The van der Waals surface area contributed by atoms with Crippen molar-refractivity contribution in [3.8, 4) is 11.5 Å². The normalized spacial score (nSPS) is 15.6. The highest BCUT2D eigenvalue weighted by molar-refractivity contribution is 8.18. The predicted octanol–water partition coefficient (Wildman–Crippen LogP) is 6.32. The Kier molecular flexibility index (Phi) is 6.31. The molecule has 0 saturated carbocycles. The number of nitrogens with zero attached hydrogens (tertiary/aromatic N) is 1. The molecule has 34 heavy (non-hydrogen) atoms. The number of hydrogen-bond acceptors (Lipinski definition) is 5. The number of ether oxygens (including phenoxy) is 2. The molecule has 1 N–H and O–H groups in total. The molecule has 0 atom stereocenters. The minimum absolute atomic E-state index is 0.177. The molecule has 1 amide bonds. The standard InChI is InChI=1S/C28H22N2O3S/c1-32-24-14-8-7-11-21(24)18-33-25-16-20-10-6-5-9-19(20)15-22(25)17-26-27(31)30-28(34-26)29-23-12-3-2-4-13-23/h2-17H,18H2,1H3,(H,29,30,31)/b26-17+. The molecule has 1 fully saturated rings. The summed E-state index contributed by atoms with van der Waals surface area (Å²) in [5, 5.41) is 5.54. The second-order valence-corrected chi connectivity index (χ2v) is 8.69. The largest absolute Gasteiger partial charge is 0.496 e. The lowest BCUT2D eigenvalue weighted by atomic mass is 10.1. The molecule has 6 heteroatoms. The van der Waals surface area contributed by atoms with Gasteiger partial charge in [-0.2, -0.15) is 0 Å². The Bertz CT molecular complexity index is 1410. The lowest BCUT2D eigenvalue weighted by Crippen LogP contribution is -2.19. The van der Waals surface area contributed by atoms with Crippen LogP contribution in [0.25, 0.3) is 16.8 Å². The number of fused-ring (bicyclic) bond motifs is 1. The second kappa shape index (κ2) is 9.85. The molecule has 0 aromatic heterocycles. The van der Waals surface area contributed by atoms with Gasteiger partial charge in [0.1, 0.15) is 18.1 Å². The minimum atomic E-state index is -0.177. The van der Waals surface area contributed by atoms with Gasteiger partial charge in [0.25, 0.3) is 5.91 Å². The first-order valence-electron chi connectivity index (χ1n) is 10.8. The molecule has 5 rings (SSSR count). The highest BCUT2D eigenvalue weighted by atomic mass is 32.2. The highest BCUT2D eigenvalue weighted by Gasteiger charge is 2.24. The molecule has 1 aliphatic rings. The van der Waals surface area contributed by atoms with E-state index in [1.165, 1.54) is 11.8 Å². The summed E-state index contributed by atoms with van der Waals surface area (Å²) in [6, 6.07) is 29.5. The number of thioether (sulfide) groups is 1. The topological polar surface area (TPSA) is 59.9 Å². The van der Waals surface area contributed by atoms with Gasteiger partial charge < -0.3 is 14.8 Å². The van der Waals surface area contributed by atoms with Crippen molar-refractivity contribution in [1.82, 2.24) is 5.32 Å². The number of hydrogen-bond donors (Lipinski definition) is 1. The molecule has 1 saturated heterocycles. The van der Waals surface area contributed by atoms with Crippen molar-refractivity contribution in [3.05, 3.63) is 107 Å². The molecule has 4 aromatic carbocycles. The van der Waals surface area contributed by atoms with E-state index in [4.69, 9.17) is 9.47 Å². The number of para-hydroxylation sites is 2. The molecular formula is C28H22N2O3S. The van der Waals surface area contributed by atoms with Crippen molar-refractivity contribution in [2.45, 2.75) is 6.61 Å². The van der Waals surface area contributed by atoms with E-state index in [9.17, 15) is 4.79 Å². The summed E-state index contributed by atoms with van der Waals surface area (Å²) < 4.78 is 11.7. The lowest BCUT2D eigenvalue weighted by Gasteiger charge is -2.13. The van der Waals surface area contributed by atoms with Gasteiger partial charge in [0.05, 0.1) is 17.7 Å². The van der Waals surface area contributed by atoms with Crippen molar-refractivity contribution < 1.29 is 14.3 Å². The summed E-state index contributed by atoms with van der Waals surface area (Å²) in [6.07, 6.45) is 1.86. The predicted molar refractivity (Wildman–Crippen MR) is 139 cm³/mol. The lowest BCUT2D eigenvalue weighted by molar-refractivity contribution is -0.115. The van der Waals surface area contributed by atoms with E-state index in [1.807, 2.05) is 97.1 Å². The van der Waals surface area contributed by atoms with Gasteiger partial charge in [-0.15, -0.1) is 0 Å². The third kappa shape index (κ3) is 4.82. The second-order valence-electron chi connectivity index (χ2n) is 7.65. The summed E-state index contributed by atoms with van der Waals surface area (Å²) in [4.78, 5) is 17.8. The van der Waals surface area contributed by atoms with Crippen LogP contribution in [0, 0.1) is 0 Å². The van der Waals surface area contributed by atoms with Crippen molar-refractivity contribution in [2.24, 2.45) is 4.99 Å². The number of benzene rings is 4. The zero-order valence-electron chi connectivity index (χ0n) is 18.5. The van der Waals surface area contributed by atoms with Crippen molar-refractivity contribution in [1.29, 1.82) is 0 Å². The Morgan fingerprint density at radius 3 is 2.38 bits per heavy atom. The average molecular weight is 467 g/mol. The Balaban J connectivity index is 1.47. The van der Waals surface area contributed by atoms with Crippen LogP contribution in [-0.4, -0.2) is 18.2 Å². The van der Waals surface area contributed by atoms with Gasteiger partial charge in [-0.3, -0.25) is 4.79 Å². The van der Waals surface area contributed by atoms with Crippen LogP contribution in [-0.2, 0) is 11.4 Å². The molecule has 1 aliphatic heterocycles. The quantitative estimate of drug-likeness (QED) is 0.338. The molecule has 1 heterocycles. The van der Waals surface area contributed by atoms with E-state index < -0.39 is 0 Å². The number of carbonyl (C=O) groups is 1. The van der Waals surface area contributed by atoms with E-state index in [-0.39, 0.29) is 5.91 Å². The fourth-order valence-electron chi connectivity index (χ4n) is 3.69. The van der Waals surface area contributed by atoms with Crippen LogP contribution in [0.5, 0.6) is 11.5 Å². The molecule has 0 unspecified atom stereocenters. The van der Waals surface area contributed by atoms with Crippen LogP contribution in [0.1, 0.15) is 11.1 Å². The monoisotopic (exact) mass is 466 g/mol. The summed E-state index contributed by atoms with van der Waals surface area (Å²) >= 11 is 1.32. The Hall–Kier alpha value is -4.03. The highest BCUT2D eigenvalue weighted by Crippen LogP contribution is 2.34. The van der Waals surface area contributed by atoms with Crippen molar-refractivity contribution >= 4 is 45.4 Å². The van der Waals surface area contributed by atoms with Crippen LogP contribution < -0.4 is 14.8 Å². The fraction of sp³-hybridized carbons (Fsp3) is 0.0714. The van der Waals surface area contributed by atoms with Gasteiger partial charge in [-0.1, -0.05) is 60.7 Å². The Morgan fingerprint density at radius 2 is 1.59 bits per heavy atom. The van der Waals surface area contributed by atoms with Crippen LogP contribution in [0.2, 0.25) is 0 Å². The average Bonchev–Trinajstić information content (AvgIpc) is 3.21. The third-order valence-corrected chi connectivity index (χ3v) is 6.29. The van der Waals surface area contributed by atoms with Gasteiger partial charge in [-0.25, -0.2) is 4.99 Å².